The Morgan fingerprint density at radius 3 is 2.52 bits per heavy atom. The smallest absolute Gasteiger partial charge is 0.244 e. The first kappa shape index (κ1) is 15.0. The molecule has 2 heterocycles. The average Bonchev–Trinajstić information content (AvgIpc) is 3.05. The number of fused-ring (bicyclic) bond motifs is 1. The van der Waals surface area contributed by atoms with Crippen molar-refractivity contribution in [1.82, 2.24) is 10.2 Å². The summed E-state index contributed by atoms with van der Waals surface area (Å²) in [6.45, 7) is 2.03. The minimum Gasteiger partial charge on any atom is -0.420 e. The zero-order valence-electron chi connectivity index (χ0n) is 13.7. The molecule has 3 N–H and O–H groups in total. The lowest BCUT2D eigenvalue weighted by atomic mass is 9.83. The number of nitriles is 1. The van der Waals surface area contributed by atoms with Gasteiger partial charge in [0.15, 0.2) is 0 Å². The number of hydrogen-bond acceptors (Lipinski definition) is 4. The van der Waals surface area contributed by atoms with E-state index in [1.54, 1.807) is 0 Å². The van der Waals surface area contributed by atoms with E-state index in [1.165, 1.54) is 0 Å². The van der Waals surface area contributed by atoms with Crippen LogP contribution in [-0.2, 0) is 0 Å². The van der Waals surface area contributed by atoms with Crippen LogP contribution in [0.15, 0.2) is 66.1 Å². The van der Waals surface area contributed by atoms with Crippen LogP contribution in [0.25, 0.3) is 11.3 Å². The summed E-state index contributed by atoms with van der Waals surface area (Å²) >= 11 is 0. The van der Waals surface area contributed by atoms with Crippen LogP contribution >= 0.6 is 0 Å². The quantitative estimate of drug-likeness (QED) is 0.752. The second-order valence-corrected chi connectivity index (χ2v) is 6.02. The molecule has 0 spiro atoms. The lowest BCUT2D eigenvalue weighted by Crippen LogP contribution is -2.20. The van der Waals surface area contributed by atoms with Gasteiger partial charge in [-0.05, 0) is 18.1 Å². The summed E-state index contributed by atoms with van der Waals surface area (Å²) < 4.78 is 5.61. The monoisotopic (exact) mass is 328 g/mol. The average molecular weight is 328 g/mol. The second kappa shape index (κ2) is 5.84. The number of rotatable bonds is 2. The van der Waals surface area contributed by atoms with Gasteiger partial charge in [0.2, 0.25) is 11.8 Å². The minimum atomic E-state index is -0.316. The van der Waals surface area contributed by atoms with Gasteiger partial charge in [0.1, 0.15) is 11.6 Å². The van der Waals surface area contributed by atoms with Crippen LogP contribution in [0.2, 0.25) is 0 Å². The van der Waals surface area contributed by atoms with Crippen molar-refractivity contribution in [2.75, 3.05) is 0 Å². The molecule has 1 aliphatic heterocycles. The Hall–Kier alpha value is -3.52. The molecule has 0 saturated carbocycles. The summed E-state index contributed by atoms with van der Waals surface area (Å²) in [5, 5.41) is 17.0. The van der Waals surface area contributed by atoms with Gasteiger partial charge < -0.3 is 10.5 Å². The zero-order chi connectivity index (χ0) is 17.4. The number of nitrogens with two attached hydrogens (primary N) is 1. The van der Waals surface area contributed by atoms with Gasteiger partial charge in [0.25, 0.3) is 0 Å². The molecule has 0 radical (unpaired) electrons. The molecule has 0 fully saturated rings. The fourth-order valence-electron chi connectivity index (χ4n) is 3.16. The molecule has 1 aliphatic rings. The molecule has 0 aliphatic carbocycles. The fourth-order valence-corrected chi connectivity index (χ4v) is 3.16. The van der Waals surface area contributed by atoms with Crippen LogP contribution in [-0.4, -0.2) is 10.2 Å². The summed E-state index contributed by atoms with van der Waals surface area (Å²) in [6, 6.07) is 20.2. The van der Waals surface area contributed by atoms with Gasteiger partial charge in [-0.15, -0.1) is 5.10 Å². The summed E-state index contributed by atoms with van der Waals surface area (Å²) in [7, 11) is 0. The molecule has 3 aromatic rings. The molecular formula is C20H16N4O. The van der Waals surface area contributed by atoms with Gasteiger partial charge in [-0.1, -0.05) is 60.2 Å². The van der Waals surface area contributed by atoms with E-state index in [-0.39, 0.29) is 11.8 Å². The van der Waals surface area contributed by atoms with Gasteiger partial charge in [-0.2, -0.15) is 5.26 Å². The third-order valence-corrected chi connectivity index (χ3v) is 4.41. The first-order valence-corrected chi connectivity index (χ1v) is 7.97. The van der Waals surface area contributed by atoms with Crippen LogP contribution in [0.1, 0.15) is 22.6 Å². The van der Waals surface area contributed by atoms with Crippen LogP contribution in [0.3, 0.4) is 0 Å². The SMILES string of the molecule is Cc1ccc([C@H]2C(C#N)=C(N)Oc3n[nH]c(-c4ccccc4)c32)cc1. The molecule has 0 unspecified atom stereocenters. The highest BCUT2D eigenvalue weighted by Gasteiger charge is 2.35. The Morgan fingerprint density at radius 2 is 1.84 bits per heavy atom. The highest BCUT2D eigenvalue weighted by molar-refractivity contribution is 5.70. The van der Waals surface area contributed by atoms with E-state index >= 15 is 0 Å². The zero-order valence-corrected chi connectivity index (χ0v) is 13.7. The predicted molar refractivity (Wildman–Crippen MR) is 94.5 cm³/mol. The number of hydrogen-bond donors (Lipinski definition) is 2. The minimum absolute atomic E-state index is 0.103. The van der Waals surface area contributed by atoms with Gasteiger partial charge in [-0.25, -0.2) is 0 Å². The van der Waals surface area contributed by atoms with Crippen molar-refractivity contribution in [1.29, 1.82) is 5.26 Å². The van der Waals surface area contributed by atoms with E-state index in [0.29, 0.717) is 11.5 Å². The number of ether oxygens (including phenoxy) is 1. The largest absolute Gasteiger partial charge is 0.420 e. The van der Waals surface area contributed by atoms with Crippen LogP contribution in [0.4, 0.5) is 0 Å². The first-order chi connectivity index (χ1) is 12.2. The van der Waals surface area contributed by atoms with Crippen molar-refractivity contribution >= 4 is 0 Å². The van der Waals surface area contributed by atoms with Crippen LogP contribution in [0, 0.1) is 18.3 Å². The third kappa shape index (κ3) is 2.45. The number of H-pyrrole nitrogens is 1. The molecule has 122 valence electrons. The Balaban J connectivity index is 1.95. The standard InChI is InChI=1S/C20H16N4O/c1-12-7-9-13(10-8-12)16-15(11-21)19(22)25-20-17(16)18(23-24-20)14-5-3-2-4-6-14/h2-10,16H,22H2,1H3,(H,23,24)/t16-/m0/s1. The lowest BCUT2D eigenvalue weighted by molar-refractivity contribution is 0.379. The van der Waals surface area contributed by atoms with Crippen molar-refractivity contribution in [2.24, 2.45) is 5.73 Å². The van der Waals surface area contributed by atoms with Crippen molar-refractivity contribution in [3.8, 4) is 23.2 Å². The number of aryl methyl sites for hydroxylation is 1. The summed E-state index contributed by atoms with van der Waals surface area (Å²) in [4.78, 5) is 0. The molecule has 0 saturated heterocycles. The highest BCUT2D eigenvalue weighted by atomic mass is 16.5. The number of benzene rings is 2. The normalized spacial score (nSPS) is 16.1. The molecule has 0 bridgehead atoms. The Morgan fingerprint density at radius 1 is 1.12 bits per heavy atom. The van der Waals surface area contributed by atoms with E-state index in [9.17, 15) is 5.26 Å². The lowest BCUT2D eigenvalue weighted by Gasteiger charge is -2.24. The maximum Gasteiger partial charge on any atom is 0.244 e. The van der Waals surface area contributed by atoms with E-state index in [0.717, 1.165) is 27.9 Å². The van der Waals surface area contributed by atoms with E-state index < -0.39 is 0 Å². The van der Waals surface area contributed by atoms with Gasteiger partial charge in [0, 0.05) is 0 Å². The van der Waals surface area contributed by atoms with Crippen molar-refractivity contribution < 1.29 is 4.74 Å². The Labute approximate surface area is 145 Å². The summed E-state index contributed by atoms with van der Waals surface area (Å²) in [6.07, 6.45) is 0. The highest BCUT2D eigenvalue weighted by Crippen LogP contribution is 2.45. The molecule has 1 atom stereocenters. The van der Waals surface area contributed by atoms with Crippen molar-refractivity contribution in [2.45, 2.75) is 12.8 Å². The number of aromatic amines is 1. The van der Waals surface area contributed by atoms with E-state index in [4.69, 9.17) is 10.5 Å². The predicted octanol–water partition coefficient (Wildman–Crippen LogP) is 3.60. The molecule has 5 heteroatoms. The third-order valence-electron chi connectivity index (χ3n) is 4.41. The molecule has 4 rings (SSSR count). The molecule has 0 amide bonds. The molecular weight excluding hydrogens is 312 g/mol. The van der Waals surface area contributed by atoms with Gasteiger partial charge in [0.05, 0.1) is 17.2 Å². The van der Waals surface area contributed by atoms with Crippen molar-refractivity contribution in [3.63, 3.8) is 0 Å². The Kier molecular flexibility index (Phi) is 3.51. The van der Waals surface area contributed by atoms with Crippen LogP contribution < -0.4 is 10.5 Å². The maximum atomic E-state index is 9.67. The number of nitrogens with zero attached hydrogens (tertiary/aromatic N) is 2. The maximum absolute atomic E-state index is 9.67. The number of allylic oxidation sites excluding steroid dienone is 1. The summed E-state index contributed by atoms with van der Waals surface area (Å²) in [5.41, 5.74) is 11.2. The molecule has 5 nitrogen and oxygen atoms in total. The van der Waals surface area contributed by atoms with E-state index in [2.05, 4.69) is 16.3 Å². The number of nitrogens with one attached hydrogen (secondary N) is 1. The molecule has 1 aromatic heterocycles. The van der Waals surface area contributed by atoms with Gasteiger partial charge in [-0.3, -0.25) is 5.10 Å². The van der Waals surface area contributed by atoms with Gasteiger partial charge >= 0.3 is 0 Å². The number of aromatic nitrogens is 2. The second-order valence-electron chi connectivity index (χ2n) is 6.02. The topological polar surface area (TPSA) is 87.7 Å². The Bertz CT molecular complexity index is 994. The van der Waals surface area contributed by atoms with Crippen LogP contribution in [0.5, 0.6) is 5.88 Å². The molecule has 25 heavy (non-hydrogen) atoms. The molecule has 2 aromatic carbocycles. The fraction of sp³-hybridized carbons (Fsp3) is 0.100. The summed E-state index contributed by atoms with van der Waals surface area (Å²) in [5.74, 6) is 0.205. The first-order valence-electron chi connectivity index (χ1n) is 7.97. The van der Waals surface area contributed by atoms with E-state index in [1.807, 2.05) is 61.5 Å². The van der Waals surface area contributed by atoms with Crippen molar-refractivity contribution in [3.05, 3.63) is 82.7 Å².